The molecular formula is C13H14ClN5S. The number of nitrogens with zero attached hydrogens (tertiary/aromatic N) is 4. The van der Waals surface area contributed by atoms with E-state index in [1.165, 1.54) is 4.88 Å². The number of nitrogens with one attached hydrogen (secondary N) is 1. The standard InChI is InChI=1S/C13H14ClN5S/c1-3-9-6-10-11(17-13(14)18-12(10)20-9)15-7-8-4-5-16-19(8)2/h4-6H,3,7H2,1-2H3,(H,15,17,18). The number of aryl methyl sites for hydroxylation is 2. The van der Waals surface area contributed by atoms with Crippen LogP contribution >= 0.6 is 22.9 Å². The van der Waals surface area contributed by atoms with E-state index in [9.17, 15) is 0 Å². The summed E-state index contributed by atoms with van der Waals surface area (Å²) >= 11 is 7.65. The molecule has 3 rings (SSSR count). The Bertz CT molecular complexity index is 748. The molecule has 0 saturated heterocycles. The Morgan fingerprint density at radius 1 is 1.40 bits per heavy atom. The maximum atomic E-state index is 6.00. The lowest BCUT2D eigenvalue weighted by molar-refractivity contribution is 0.720. The number of fused-ring (bicyclic) bond motifs is 1. The van der Waals surface area contributed by atoms with Crippen molar-refractivity contribution in [3.8, 4) is 0 Å². The smallest absolute Gasteiger partial charge is 0.225 e. The molecule has 1 N–H and O–H groups in total. The predicted molar refractivity (Wildman–Crippen MR) is 82.3 cm³/mol. The Labute approximate surface area is 125 Å². The third-order valence-electron chi connectivity index (χ3n) is 3.12. The molecule has 0 saturated carbocycles. The average Bonchev–Trinajstić information content (AvgIpc) is 3.01. The average molecular weight is 308 g/mol. The van der Waals surface area contributed by atoms with E-state index < -0.39 is 0 Å². The fraction of sp³-hybridized carbons (Fsp3) is 0.308. The number of thiophene rings is 1. The summed E-state index contributed by atoms with van der Waals surface area (Å²) in [5.74, 6) is 0.775. The van der Waals surface area contributed by atoms with Gasteiger partial charge in [-0.3, -0.25) is 4.68 Å². The van der Waals surface area contributed by atoms with Gasteiger partial charge in [0.15, 0.2) is 0 Å². The largest absolute Gasteiger partial charge is 0.364 e. The van der Waals surface area contributed by atoms with Crippen molar-refractivity contribution in [3.05, 3.63) is 34.2 Å². The molecule has 0 amide bonds. The van der Waals surface area contributed by atoms with Crippen LogP contribution in [-0.2, 0) is 20.0 Å². The van der Waals surface area contributed by atoms with E-state index >= 15 is 0 Å². The van der Waals surface area contributed by atoms with Crippen LogP contribution in [0, 0.1) is 0 Å². The number of rotatable bonds is 4. The Morgan fingerprint density at radius 3 is 2.95 bits per heavy atom. The van der Waals surface area contributed by atoms with Gasteiger partial charge in [-0.15, -0.1) is 11.3 Å². The molecule has 0 bridgehead atoms. The van der Waals surface area contributed by atoms with Crippen LogP contribution in [-0.4, -0.2) is 19.7 Å². The van der Waals surface area contributed by atoms with E-state index in [0.717, 1.165) is 28.1 Å². The fourth-order valence-electron chi connectivity index (χ4n) is 2.00. The van der Waals surface area contributed by atoms with Crippen molar-refractivity contribution < 1.29 is 0 Å². The summed E-state index contributed by atoms with van der Waals surface area (Å²) in [7, 11) is 1.92. The van der Waals surface area contributed by atoms with Gasteiger partial charge in [-0.1, -0.05) is 6.92 Å². The maximum Gasteiger partial charge on any atom is 0.225 e. The van der Waals surface area contributed by atoms with Crippen LogP contribution in [0.2, 0.25) is 5.28 Å². The van der Waals surface area contributed by atoms with E-state index in [1.54, 1.807) is 17.5 Å². The lowest BCUT2D eigenvalue weighted by Gasteiger charge is -2.07. The number of hydrogen-bond acceptors (Lipinski definition) is 5. The molecule has 0 spiro atoms. The third kappa shape index (κ3) is 2.48. The summed E-state index contributed by atoms with van der Waals surface area (Å²) in [6.45, 7) is 2.78. The molecule has 0 unspecified atom stereocenters. The highest BCUT2D eigenvalue weighted by Gasteiger charge is 2.11. The fourth-order valence-corrected chi connectivity index (χ4v) is 3.19. The van der Waals surface area contributed by atoms with Gasteiger partial charge >= 0.3 is 0 Å². The molecular weight excluding hydrogens is 294 g/mol. The van der Waals surface area contributed by atoms with Crippen LogP contribution in [0.15, 0.2) is 18.3 Å². The van der Waals surface area contributed by atoms with Crippen molar-refractivity contribution in [3.63, 3.8) is 0 Å². The molecule has 5 nitrogen and oxygen atoms in total. The van der Waals surface area contributed by atoms with E-state index in [2.05, 4.69) is 33.4 Å². The molecule has 20 heavy (non-hydrogen) atoms. The van der Waals surface area contributed by atoms with E-state index in [1.807, 2.05) is 17.8 Å². The van der Waals surface area contributed by atoms with Crippen molar-refractivity contribution >= 4 is 39.0 Å². The molecule has 0 aliphatic heterocycles. The normalized spacial score (nSPS) is 11.2. The molecule has 0 atom stereocenters. The zero-order valence-electron chi connectivity index (χ0n) is 11.2. The zero-order valence-corrected chi connectivity index (χ0v) is 12.8. The predicted octanol–water partition coefficient (Wildman–Crippen LogP) is 3.25. The highest BCUT2D eigenvalue weighted by molar-refractivity contribution is 7.18. The molecule has 0 radical (unpaired) electrons. The monoisotopic (exact) mass is 307 g/mol. The first-order chi connectivity index (χ1) is 9.67. The first-order valence-electron chi connectivity index (χ1n) is 6.34. The van der Waals surface area contributed by atoms with Crippen molar-refractivity contribution in [1.29, 1.82) is 0 Å². The number of hydrogen-bond donors (Lipinski definition) is 1. The molecule has 3 aromatic heterocycles. The van der Waals surface area contributed by atoms with Crippen molar-refractivity contribution in [2.45, 2.75) is 19.9 Å². The van der Waals surface area contributed by atoms with Crippen molar-refractivity contribution in [2.75, 3.05) is 5.32 Å². The minimum absolute atomic E-state index is 0.273. The second-order valence-electron chi connectivity index (χ2n) is 4.43. The summed E-state index contributed by atoms with van der Waals surface area (Å²) in [5, 5.41) is 8.76. The molecule has 104 valence electrons. The first-order valence-corrected chi connectivity index (χ1v) is 7.53. The Hall–Kier alpha value is -1.66. The van der Waals surface area contributed by atoms with Crippen LogP contribution in [0.3, 0.4) is 0 Å². The molecule has 0 aliphatic carbocycles. The van der Waals surface area contributed by atoms with Crippen molar-refractivity contribution in [2.24, 2.45) is 7.05 Å². The van der Waals surface area contributed by atoms with Gasteiger partial charge in [-0.2, -0.15) is 5.10 Å². The molecule has 0 aromatic carbocycles. The van der Waals surface area contributed by atoms with Crippen LogP contribution < -0.4 is 5.32 Å². The molecule has 3 heterocycles. The first kappa shape index (κ1) is 13.3. The van der Waals surface area contributed by atoms with Gasteiger partial charge in [0.1, 0.15) is 10.6 Å². The number of anilines is 1. The summed E-state index contributed by atoms with van der Waals surface area (Å²) in [6, 6.07) is 4.10. The Kier molecular flexibility index (Phi) is 3.58. The second-order valence-corrected chi connectivity index (χ2v) is 5.88. The Balaban J connectivity index is 1.93. The minimum Gasteiger partial charge on any atom is -0.364 e. The van der Waals surface area contributed by atoms with Crippen LogP contribution in [0.25, 0.3) is 10.2 Å². The van der Waals surface area contributed by atoms with E-state index in [4.69, 9.17) is 11.6 Å². The summed E-state index contributed by atoms with van der Waals surface area (Å²) in [6.07, 6.45) is 2.76. The zero-order chi connectivity index (χ0) is 14.1. The van der Waals surface area contributed by atoms with Crippen LogP contribution in [0.4, 0.5) is 5.82 Å². The van der Waals surface area contributed by atoms with Gasteiger partial charge < -0.3 is 5.32 Å². The van der Waals surface area contributed by atoms with Crippen LogP contribution in [0.5, 0.6) is 0 Å². The van der Waals surface area contributed by atoms with Gasteiger partial charge in [0.25, 0.3) is 0 Å². The van der Waals surface area contributed by atoms with Crippen molar-refractivity contribution in [1.82, 2.24) is 19.7 Å². The number of aromatic nitrogens is 4. The molecule has 3 aromatic rings. The summed E-state index contributed by atoms with van der Waals surface area (Å²) in [5.41, 5.74) is 1.08. The quantitative estimate of drug-likeness (QED) is 0.752. The molecule has 0 fully saturated rings. The second kappa shape index (κ2) is 5.38. The van der Waals surface area contributed by atoms with Gasteiger partial charge in [0, 0.05) is 18.1 Å². The molecule has 0 aliphatic rings. The number of halogens is 1. The SMILES string of the molecule is CCc1cc2c(NCc3ccnn3C)nc(Cl)nc2s1. The lowest BCUT2D eigenvalue weighted by atomic mass is 10.3. The van der Waals surface area contributed by atoms with E-state index in [-0.39, 0.29) is 5.28 Å². The lowest BCUT2D eigenvalue weighted by Crippen LogP contribution is -2.07. The van der Waals surface area contributed by atoms with Crippen LogP contribution in [0.1, 0.15) is 17.5 Å². The van der Waals surface area contributed by atoms with Gasteiger partial charge in [0.2, 0.25) is 5.28 Å². The third-order valence-corrected chi connectivity index (χ3v) is 4.47. The van der Waals surface area contributed by atoms with Gasteiger partial charge in [0.05, 0.1) is 17.6 Å². The van der Waals surface area contributed by atoms with Gasteiger partial charge in [-0.05, 0) is 30.2 Å². The highest BCUT2D eigenvalue weighted by Crippen LogP contribution is 2.30. The molecule has 7 heteroatoms. The van der Waals surface area contributed by atoms with E-state index in [0.29, 0.717) is 6.54 Å². The summed E-state index contributed by atoms with van der Waals surface area (Å²) in [4.78, 5) is 10.8. The maximum absolute atomic E-state index is 6.00. The summed E-state index contributed by atoms with van der Waals surface area (Å²) < 4.78 is 1.83. The minimum atomic E-state index is 0.273. The Morgan fingerprint density at radius 2 is 2.25 bits per heavy atom. The topological polar surface area (TPSA) is 55.6 Å². The van der Waals surface area contributed by atoms with Gasteiger partial charge in [-0.25, -0.2) is 9.97 Å². The highest BCUT2D eigenvalue weighted by atomic mass is 35.5.